The van der Waals surface area contributed by atoms with E-state index < -0.39 is 42.4 Å². The Balaban J connectivity index is 1.84. The third-order valence-electron chi connectivity index (χ3n) is 5.43. The number of hydrogen-bond acceptors (Lipinski definition) is 8. The molecule has 4 rings (SSSR count). The van der Waals surface area contributed by atoms with E-state index in [9.17, 15) is 35.4 Å². The highest BCUT2D eigenvalue weighted by Crippen LogP contribution is 2.49. The summed E-state index contributed by atoms with van der Waals surface area (Å²) >= 11 is 0. The normalized spacial score (nSPS) is 24.9. The van der Waals surface area contributed by atoms with Crippen molar-refractivity contribution in [2.45, 2.75) is 30.7 Å². The molecule has 6 N–H and O–H groups in total. The fraction of sp³-hybridized carbons (Fsp3) is 0.208. The lowest BCUT2D eigenvalue weighted by Crippen LogP contribution is -2.61. The lowest BCUT2D eigenvalue weighted by atomic mass is 9.96. The van der Waals surface area contributed by atoms with Gasteiger partial charge in [-0.1, -0.05) is 60.7 Å². The number of phenolic OH excluding ortho intramolecular Hbond substituents is 2. The predicted molar refractivity (Wildman–Crippen MR) is 116 cm³/mol. The molecule has 0 saturated carbocycles. The largest absolute Gasteiger partial charge is 0.507 e. The number of rotatable bonds is 5. The van der Waals surface area contributed by atoms with Crippen LogP contribution in [-0.2, 0) is 9.53 Å². The van der Waals surface area contributed by atoms with Crippen molar-refractivity contribution in [3.8, 4) is 39.5 Å². The van der Waals surface area contributed by atoms with Gasteiger partial charge in [-0.3, -0.25) is 0 Å². The van der Waals surface area contributed by atoms with Crippen LogP contribution < -0.4 is 4.74 Å². The molecule has 0 radical (unpaired) electrons. The van der Waals surface area contributed by atoms with Crippen molar-refractivity contribution >= 4 is 5.97 Å². The van der Waals surface area contributed by atoms with Gasteiger partial charge < -0.3 is 40.1 Å². The van der Waals surface area contributed by atoms with Crippen LogP contribution in [0.25, 0.3) is 22.3 Å². The molecule has 3 aromatic rings. The molecule has 0 aliphatic carbocycles. The van der Waals surface area contributed by atoms with Crippen molar-refractivity contribution in [3.05, 3.63) is 66.7 Å². The van der Waals surface area contributed by atoms with Crippen molar-refractivity contribution in [2.75, 3.05) is 0 Å². The molecule has 0 aromatic heterocycles. The number of aliphatic hydroxyl groups excluding tert-OH is 3. The molecule has 5 atom stereocenters. The molecule has 0 spiro atoms. The summed E-state index contributed by atoms with van der Waals surface area (Å²) in [5.41, 5.74) is 1.29. The van der Waals surface area contributed by atoms with Gasteiger partial charge in [0.2, 0.25) is 6.29 Å². The number of carboxylic acid groups (broad SMARTS) is 1. The van der Waals surface area contributed by atoms with E-state index in [0.29, 0.717) is 11.1 Å². The molecular formula is C24H22O9. The van der Waals surface area contributed by atoms with E-state index in [1.807, 2.05) is 0 Å². The van der Waals surface area contributed by atoms with Crippen LogP contribution in [0.2, 0.25) is 0 Å². The van der Waals surface area contributed by atoms with Crippen molar-refractivity contribution < 1.29 is 44.9 Å². The lowest BCUT2D eigenvalue weighted by molar-refractivity contribution is -0.271. The second-order valence-corrected chi connectivity index (χ2v) is 7.58. The van der Waals surface area contributed by atoms with Crippen LogP contribution in [0.4, 0.5) is 0 Å². The SMILES string of the molecule is O=C(O)[C@H]1O[C@@H](Oc2c(-c3ccccc3)cc(O)c(-c3ccccc3)c2O)[C@H](O)[C@@H](O)[C@@H]1O. The van der Waals surface area contributed by atoms with Gasteiger partial charge in [0, 0.05) is 5.56 Å². The molecule has 1 fully saturated rings. The minimum atomic E-state index is -1.89. The van der Waals surface area contributed by atoms with E-state index in [1.165, 1.54) is 6.07 Å². The second-order valence-electron chi connectivity index (χ2n) is 7.58. The highest BCUT2D eigenvalue weighted by molar-refractivity contribution is 5.87. The molecule has 1 heterocycles. The molecule has 172 valence electrons. The number of aliphatic carboxylic acids is 1. The Morgan fingerprint density at radius 2 is 1.39 bits per heavy atom. The molecule has 0 unspecified atom stereocenters. The summed E-state index contributed by atoms with van der Waals surface area (Å²) in [6, 6.07) is 18.5. The van der Waals surface area contributed by atoms with Gasteiger partial charge in [0.1, 0.15) is 24.1 Å². The lowest BCUT2D eigenvalue weighted by Gasteiger charge is -2.38. The number of carboxylic acids is 1. The topological polar surface area (TPSA) is 157 Å². The number of aliphatic hydroxyl groups is 3. The number of phenols is 2. The van der Waals surface area contributed by atoms with E-state index >= 15 is 0 Å². The van der Waals surface area contributed by atoms with E-state index in [0.717, 1.165) is 0 Å². The first kappa shape index (κ1) is 22.6. The van der Waals surface area contributed by atoms with Crippen LogP contribution >= 0.6 is 0 Å². The predicted octanol–water partition coefficient (Wildman–Crippen LogP) is 1.70. The Morgan fingerprint density at radius 1 is 0.818 bits per heavy atom. The van der Waals surface area contributed by atoms with Crippen molar-refractivity contribution in [1.29, 1.82) is 0 Å². The maximum atomic E-state index is 11.4. The van der Waals surface area contributed by atoms with Crippen LogP contribution in [0, 0.1) is 0 Å². The zero-order chi connectivity index (χ0) is 23.7. The first-order valence-corrected chi connectivity index (χ1v) is 10.1. The van der Waals surface area contributed by atoms with Gasteiger partial charge in [0.05, 0.1) is 5.56 Å². The van der Waals surface area contributed by atoms with Crippen LogP contribution in [0.5, 0.6) is 17.2 Å². The van der Waals surface area contributed by atoms with Gasteiger partial charge in [-0.15, -0.1) is 0 Å². The summed E-state index contributed by atoms with van der Waals surface area (Å²) in [5, 5.41) is 61.6. The third-order valence-corrected chi connectivity index (χ3v) is 5.43. The summed E-state index contributed by atoms with van der Waals surface area (Å²) in [4.78, 5) is 11.4. The van der Waals surface area contributed by atoms with Gasteiger partial charge in [0.25, 0.3) is 0 Å². The van der Waals surface area contributed by atoms with Gasteiger partial charge in [-0.05, 0) is 17.2 Å². The molecule has 9 heteroatoms. The Labute approximate surface area is 188 Å². The van der Waals surface area contributed by atoms with Gasteiger partial charge in [-0.2, -0.15) is 0 Å². The van der Waals surface area contributed by atoms with E-state index in [-0.39, 0.29) is 22.6 Å². The first-order chi connectivity index (χ1) is 15.8. The third kappa shape index (κ3) is 4.22. The monoisotopic (exact) mass is 454 g/mol. The quantitative estimate of drug-likeness (QED) is 0.338. The molecule has 9 nitrogen and oxygen atoms in total. The molecule has 1 saturated heterocycles. The number of hydrogen-bond donors (Lipinski definition) is 6. The van der Waals surface area contributed by atoms with Gasteiger partial charge >= 0.3 is 5.97 Å². The maximum Gasteiger partial charge on any atom is 0.335 e. The number of carbonyl (C=O) groups is 1. The molecule has 1 aliphatic heterocycles. The van der Waals surface area contributed by atoms with Gasteiger partial charge in [-0.25, -0.2) is 4.79 Å². The van der Waals surface area contributed by atoms with Crippen LogP contribution in [0.3, 0.4) is 0 Å². The van der Waals surface area contributed by atoms with Gasteiger partial charge in [0.15, 0.2) is 17.6 Å². The summed E-state index contributed by atoms with van der Waals surface area (Å²) in [5.74, 6) is -2.50. The smallest absolute Gasteiger partial charge is 0.335 e. The summed E-state index contributed by atoms with van der Waals surface area (Å²) < 4.78 is 10.9. The van der Waals surface area contributed by atoms with E-state index in [2.05, 4.69) is 0 Å². The zero-order valence-electron chi connectivity index (χ0n) is 17.1. The molecular weight excluding hydrogens is 432 g/mol. The average molecular weight is 454 g/mol. The van der Waals surface area contributed by atoms with Crippen LogP contribution in [0.1, 0.15) is 0 Å². The van der Waals surface area contributed by atoms with Crippen molar-refractivity contribution in [2.24, 2.45) is 0 Å². The summed E-state index contributed by atoms with van der Waals surface area (Å²) in [7, 11) is 0. The standard InChI is InChI=1S/C24H22O9/c25-15-11-14(12-7-3-1-4-8-12)21(17(26)16(15)13-9-5-2-6-10-13)32-24-20(29)18(27)19(28)22(33-24)23(30)31/h1-11,18-20,22,24-29H,(H,30,31)/t18-,19-,20+,22-,24+/m0/s1. The Hall–Kier alpha value is -3.63. The molecule has 0 bridgehead atoms. The highest BCUT2D eigenvalue weighted by Gasteiger charge is 2.48. The fourth-order valence-electron chi connectivity index (χ4n) is 3.74. The van der Waals surface area contributed by atoms with E-state index in [4.69, 9.17) is 9.47 Å². The molecule has 3 aromatic carbocycles. The Kier molecular flexibility index (Phi) is 6.21. The van der Waals surface area contributed by atoms with E-state index in [1.54, 1.807) is 60.7 Å². The van der Waals surface area contributed by atoms with Crippen LogP contribution in [0.15, 0.2) is 66.7 Å². The summed E-state index contributed by atoms with van der Waals surface area (Å²) in [6.45, 7) is 0. The second kappa shape index (κ2) is 9.08. The minimum Gasteiger partial charge on any atom is -0.507 e. The van der Waals surface area contributed by atoms with Crippen LogP contribution in [-0.4, -0.2) is 67.3 Å². The minimum absolute atomic E-state index is 0.0472. The maximum absolute atomic E-state index is 11.4. The zero-order valence-corrected chi connectivity index (χ0v) is 17.1. The average Bonchev–Trinajstić information content (AvgIpc) is 2.81. The fourth-order valence-corrected chi connectivity index (χ4v) is 3.74. The number of aromatic hydroxyl groups is 2. The highest BCUT2D eigenvalue weighted by atomic mass is 16.7. The Morgan fingerprint density at radius 3 is 1.97 bits per heavy atom. The van der Waals surface area contributed by atoms with Crippen molar-refractivity contribution in [1.82, 2.24) is 0 Å². The first-order valence-electron chi connectivity index (χ1n) is 10.1. The Bertz CT molecular complexity index is 1130. The van der Waals surface area contributed by atoms with Crippen molar-refractivity contribution in [3.63, 3.8) is 0 Å². The number of benzene rings is 3. The molecule has 1 aliphatic rings. The molecule has 33 heavy (non-hydrogen) atoms. The summed E-state index contributed by atoms with van der Waals surface area (Å²) in [6.07, 6.45) is -9.21. The molecule has 0 amide bonds. The number of ether oxygens (including phenoxy) is 2.